The molecule has 0 heterocycles. The van der Waals surface area contributed by atoms with Crippen LogP contribution in [0.5, 0.6) is 0 Å². The van der Waals surface area contributed by atoms with Gasteiger partial charge >= 0.3 is 0 Å². The number of hydrogen-bond donors (Lipinski definition) is 4. The molecule has 4 N–H and O–H groups in total. The van der Waals surface area contributed by atoms with Crippen LogP contribution in [-0.4, -0.2) is 44.3 Å². The summed E-state index contributed by atoms with van der Waals surface area (Å²) in [4.78, 5) is 0. The van der Waals surface area contributed by atoms with Crippen LogP contribution in [0, 0.1) is 64.1 Å². The lowest BCUT2D eigenvalue weighted by Gasteiger charge is -2.64. The second-order valence-corrected chi connectivity index (χ2v) is 11.6. The zero-order valence-electron chi connectivity index (χ0n) is 17.1. The fourth-order valence-corrected chi connectivity index (χ4v) is 9.57. The maximum atomic E-state index is 11.8. The van der Waals surface area contributed by atoms with Crippen LogP contribution < -0.4 is 0 Å². The summed E-state index contributed by atoms with van der Waals surface area (Å²) in [6.45, 7) is 4.38. The molecule has 0 bridgehead atoms. The SMILES string of the molecule is CC12CCC(O)CC1(O)[C@@H]1C[C@@H]1C1C2CCC2(C)C1C1C[C@@H]1[C@@]2(O)C#CCO. The van der Waals surface area contributed by atoms with Crippen LogP contribution in [0.1, 0.15) is 58.8 Å². The monoisotopic (exact) mass is 386 g/mol. The van der Waals surface area contributed by atoms with Gasteiger partial charge in [0.25, 0.3) is 0 Å². The standard InChI is InChI=1S/C24H34O4/c1-21-7-4-13(26)12-24(21,28)17-10-14(17)19-16(21)5-8-22(2)20(19)15-11-18(15)23(22,27)6-3-9-25/h13-20,25-28H,4-5,7-12H2,1-2H3/t13?,14-,15?,16?,17+,18-,19?,20?,21?,22?,23-,24?/m0/s1. The van der Waals surface area contributed by atoms with Crippen LogP contribution >= 0.6 is 0 Å². The Hall–Kier alpha value is -0.600. The minimum Gasteiger partial charge on any atom is -0.393 e. The van der Waals surface area contributed by atoms with Crippen molar-refractivity contribution in [3.8, 4) is 11.8 Å². The molecule has 4 heteroatoms. The van der Waals surface area contributed by atoms with Gasteiger partial charge in [-0.3, -0.25) is 0 Å². The molecule has 0 aromatic heterocycles. The molecule has 0 saturated heterocycles. The van der Waals surface area contributed by atoms with E-state index in [1.807, 2.05) is 0 Å². The predicted octanol–water partition coefficient (Wildman–Crippen LogP) is 1.94. The molecule has 0 aromatic rings. The third kappa shape index (κ3) is 1.81. The average Bonchev–Trinajstić information content (AvgIpc) is 3.54. The zero-order valence-corrected chi connectivity index (χ0v) is 17.1. The first-order valence-electron chi connectivity index (χ1n) is 11.4. The summed E-state index contributed by atoms with van der Waals surface area (Å²) >= 11 is 0. The Balaban J connectivity index is 1.42. The molecule has 154 valence electrons. The van der Waals surface area contributed by atoms with Crippen molar-refractivity contribution < 1.29 is 20.4 Å². The number of fused-ring (bicyclic) bond motifs is 10. The third-order valence-electron chi connectivity index (χ3n) is 11.0. The van der Waals surface area contributed by atoms with Crippen molar-refractivity contribution in [1.82, 2.24) is 0 Å². The van der Waals surface area contributed by atoms with Crippen molar-refractivity contribution in [2.75, 3.05) is 6.61 Å². The minimum absolute atomic E-state index is 0.113. The quantitative estimate of drug-likeness (QED) is 0.480. The highest BCUT2D eigenvalue weighted by atomic mass is 16.3. The smallest absolute Gasteiger partial charge is 0.134 e. The van der Waals surface area contributed by atoms with Crippen LogP contribution in [0.25, 0.3) is 0 Å². The van der Waals surface area contributed by atoms with Gasteiger partial charge in [-0.05, 0) is 79.4 Å². The summed E-state index contributed by atoms with van der Waals surface area (Å²) in [5.41, 5.74) is -1.98. The average molecular weight is 387 g/mol. The molecule has 0 spiro atoms. The van der Waals surface area contributed by atoms with Gasteiger partial charge in [-0.2, -0.15) is 0 Å². The second-order valence-electron chi connectivity index (χ2n) is 11.6. The lowest BCUT2D eigenvalue weighted by atomic mass is 9.42. The van der Waals surface area contributed by atoms with Gasteiger partial charge in [0.1, 0.15) is 12.2 Å². The largest absolute Gasteiger partial charge is 0.393 e. The molecule has 0 aromatic carbocycles. The lowest BCUT2D eigenvalue weighted by Crippen LogP contribution is -2.65. The fourth-order valence-electron chi connectivity index (χ4n) is 9.57. The molecule has 0 amide bonds. The molecule has 28 heavy (non-hydrogen) atoms. The molecular weight excluding hydrogens is 352 g/mol. The first-order valence-corrected chi connectivity index (χ1v) is 11.4. The molecule has 8 unspecified atom stereocenters. The minimum atomic E-state index is -0.960. The van der Waals surface area contributed by atoms with E-state index in [4.69, 9.17) is 0 Å². The molecule has 0 radical (unpaired) electrons. The van der Waals surface area contributed by atoms with E-state index in [0.717, 1.165) is 38.5 Å². The van der Waals surface area contributed by atoms with Crippen LogP contribution in [0.2, 0.25) is 0 Å². The lowest BCUT2D eigenvalue weighted by molar-refractivity contribution is -0.233. The maximum absolute atomic E-state index is 11.8. The molecule has 6 aliphatic carbocycles. The van der Waals surface area contributed by atoms with Crippen molar-refractivity contribution in [2.45, 2.75) is 76.1 Å². The Bertz CT molecular complexity index is 785. The van der Waals surface area contributed by atoms with E-state index in [9.17, 15) is 20.4 Å². The second kappa shape index (κ2) is 5.17. The molecular formula is C24H34O4. The number of aliphatic hydroxyl groups excluding tert-OH is 2. The molecule has 12 atom stereocenters. The Morgan fingerprint density at radius 3 is 2.39 bits per heavy atom. The summed E-state index contributed by atoms with van der Waals surface area (Å²) in [7, 11) is 0. The summed E-state index contributed by atoms with van der Waals surface area (Å²) < 4.78 is 0. The maximum Gasteiger partial charge on any atom is 0.134 e. The summed E-state index contributed by atoms with van der Waals surface area (Å²) in [6.07, 6.45) is 6.06. The van der Waals surface area contributed by atoms with Gasteiger partial charge in [0.2, 0.25) is 0 Å². The first-order chi connectivity index (χ1) is 13.2. The topological polar surface area (TPSA) is 80.9 Å². The van der Waals surface area contributed by atoms with Crippen molar-refractivity contribution >= 4 is 0 Å². The van der Waals surface area contributed by atoms with Gasteiger partial charge in [-0.25, -0.2) is 0 Å². The molecule has 6 aliphatic rings. The van der Waals surface area contributed by atoms with Gasteiger partial charge < -0.3 is 20.4 Å². The van der Waals surface area contributed by atoms with E-state index >= 15 is 0 Å². The van der Waals surface area contributed by atoms with Crippen molar-refractivity contribution in [3.63, 3.8) is 0 Å². The van der Waals surface area contributed by atoms with Gasteiger partial charge in [-0.15, -0.1) is 0 Å². The molecule has 6 saturated carbocycles. The Labute approximate surface area is 167 Å². The Morgan fingerprint density at radius 2 is 1.64 bits per heavy atom. The molecule has 0 aliphatic heterocycles. The van der Waals surface area contributed by atoms with Gasteiger partial charge in [0, 0.05) is 17.8 Å². The van der Waals surface area contributed by atoms with E-state index in [1.165, 1.54) is 0 Å². The van der Waals surface area contributed by atoms with E-state index in [2.05, 4.69) is 25.7 Å². The Morgan fingerprint density at radius 1 is 0.929 bits per heavy atom. The van der Waals surface area contributed by atoms with Crippen LogP contribution in [0.15, 0.2) is 0 Å². The Kier molecular flexibility index (Phi) is 3.36. The van der Waals surface area contributed by atoms with E-state index < -0.39 is 11.2 Å². The molecule has 6 rings (SSSR count). The molecule has 6 fully saturated rings. The fraction of sp³-hybridized carbons (Fsp3) is 0.917. The van der Waals surface area contributed by atoms with Crippen LogP contribution in [0.4, 0.5) is 0 Å². The predicted molar refractivity (Wildman–Crippen MR) is 104 cm³/mol. The van der Waals surface area contributed by atoms with Crippen molar-refractivity contribution in [2.24, 2.45) is 52.3 Å². The third-order valence-corrected chi connectivity index (χ3v) is 11.0. The number of rotatable bonds is 0. The first kappa shape index (κ1) is 18.2. The van der Waals surface area contributed by atoms with Crippen LogP contribution in [0.3, 0.4) is 0 Å². The van der Waals surface area contributed by atoms with Crippen molar-refractivity contribution in [1.29, 1.82) is 0 Å². The van der Waals surface area contributed by atoms with Crippen molar-refractivity contribution in [3.05, 3.63) is 0 Å². The van der Waals surface area contributed by atoms with E-state index in [0.29, 0.717) is 41.9 Å². The highest BCUT2D eigenvalue weighted by Gasteiger charge is 2.81. The van der Waals surface area contributed by atoms with Gasteiger partial charge in [0.15, 0.2) is 0 Å². The number of hydrogen-bond acceptors (Lipinski definition) is 4. The summed E-state index contributed by atoms with van der Waals surface area (Å²) in [6, 6.07) is 0. The highest BCUT2D eigenvalue weighted by molar-refractivity contribution is 5.36. The van der Waals surface area contributed by atoms with Crippen LogP contribution in [-0.2, 0) is 0 Å². The van der Waals surface area contributed by atoms with E-state index in [1.54, 1.807) is 0 Å². The molecule has 4 nitrogen and oxygen atoms in total. The summed E-state index contributed by atoms with van der Waals surface area (Å²) in [5, 5.41) is 43.1. The highest BCUT2D eigenvalue weighted by Crippen LogP contribution is 2.81. The zero-order chi connectivity index (χ0) is 19.7. The normalized spacial score (nSPS) is 65.6. The van der Waals surface area contributed by atoms with Gasteiger partial charge in [0.05, 0.1) is 11.7 Å². The number of aliphatic hydroxyl groups is 4. The summed E-state index contributed by atoms with van der Waals surface area (Å²) in [5.74, 6) is 9.14. The van der Waals surface area contributed by atoms with Gasteiger partial charge in [-0.1, -0.05) is 25.7 Å². The van der Waals surface area contributed by atoms with E-state index in [-0.39, 0.29) is 29.5 Å².